The number of halogens is 1. The minimum Gasteiger partial charge on any atom is -0.325 e. The second kappa shape index (κ2) is 5.26. The highest BCUT2D eigenvalue weighted by atomic mass is 35.5. The largest absolute Gasteiger partial charge is 0.325 e. The van der Waals surface area contributed by atoms with Crippen molar-refractivity contribution in [2.45, 2.75) is 11.6 Å². The first-order chi connectivity index (χ1) is 9.63. The molecule has 0 unspecified atom stereocenters. The third-order valence-corrected chi connectivity index (χ3v) is 4.04. The zero-order valence-corrected chi connectivity index (χ0v) is 11.7. The summed E-state index contributed by atoms with van der Waals surface area (Å²) in [7, 11) is 0. The van der Waals surface area contributed by atoms with Crippen molar-refractivity contribution in [2.24, 2.45) is 0 Å². The van der Waals surface area contributed by atoms with E-state index in [1.54, 1.807) is 12.1 Å². The van der Waals surface area contributed by atoms with Crippen molar-refractivity contribution < 1.29 is 9.59 Å². The maximum absolute atomic E-state index is 12.2. The predicted octanol–water partition coefficient (Wildman–Crippen LogP) is 1.93. The van der Waals surface area contributed by atoms with Gasteiger partial charge in [-0.2, -0.15) is 5.10 Å². The monoisotopic (exact) mass is 308 g/mol. The van der Waals surface area contributed by atoms with E-state index in [1.165, 1.54) is 18.1 Å². The number of Topliss-reactive ketones (excluding diaryl/α,β-unsaturated/α-hetero) is 1. The number of carbonyl (C=O) groups is 2. The number of fused-ring (bicyclic) bond motifs is 1. The Morgan fingerprint density at radius 2 is 2.30 bits per heavy atom. The topological polar surface area (TPSA) is 87.7 Å². The SMILES string of the molecule is O=C1Cc2cc(C(=O)CSc3ncn[nH]3)c(Cl)cc2N1. The summed E-state index contributed by atoms with van der Waals surface area (Å²) in [6, 6.07) is 3.30. The summed E-state index contributed by atoms with van der Waals surface area (Å²) in [6.45, 7) is 0. The molecule has 0 aliphatic carbocycles. The molecule has 1 aliphatic rings. The Balaban J connectivity index is 1.78. The van der Waals surface area contributed by atoms with Crippen LogP contribution in [0.5, 0.6) is 0 Å². The van der Waals surface area contributed by atoms with E-state index in [0.29, 0.717) is 21.4 Å². The molecular weight excluding hydrogens is 300 g/mol. The van der Waals surface area contributed by atoms with Gasteiger partial charge in [-0.05, 0) is 17.7 Å². The summed E-state index contributed by atoms with van der Waals surface area (Å²) < 4.78 is 0. The molecule has 2 heterocycles. The molecule has 6 nitrogen and oxygen atoms in total. The van der Waals surface area contributed by atoms with Gasteiger partial charge in [0, 0.05) is 11.3 Å². The van der Waals surface area contributed by atoms with Gasteiger partial charge in [0.2, 0.25) is 5.91 Å². The van der Waals surface area contributed by atoms with Gasteiger partial charge in [0.1, 0.15) is 6.33 Å². The Bertz CT molecular complexity index is 687. The summed E-state index contributed by atoms with van der Waals surface area (Å²) in [5.41, 5.74) is 1.90. The average Bonchev–Trinajstić information content (AvgIpc) is 3.03. The molecule has 2 N–H and O–H groups in total. The third-order valence-electron chi connectivity index (χ3n) is 2.85. The Morgan fingerprint density at radius 3 is 3.05 bits per heavy atom. The fraction of sp³-hybridized carbons (Fsp3) is 0.167. The first-order valence-electron chi connectivity index (χ1n) is 5.77. The molecule has 0 bridgehead atoms. The molecule has 0 atom stereocenters. The van der Waals surface area contributed by atoms with Gasteiger partial charge in [-0.15, -0.1) is 0 Å². The first kappa shape index (κ1) is 13.1. The summed E-state index contributed by atoms with van der Waals surface area (Å²) in [4.78, 5) is 27.4. The van der Waals surface area contributed by atoms with Gasteiger partial charge in [-0.3, -0.25) is 14.7 Å². The first-order valence-corrected chi connectivity index (χ1v) is 7.13. The van der Waals surface area contributed by atoms with Gasteiger partial charge in [0.05, 0.1) is 17.2 Å². The zero-order chi connectivity index (χ0) is 14.1. The Morgan fingerprint density at radius 1 is 1.45 bits per heavy atom. The quantitative estimate of drug-likeness (QED) is 0.665. The van der Waals surface area contributed by atoms with Crippen molar-refractivity contribution in [1.29, 1.82) is 0 Å². The number of carbonyl (C=O) groups excluding carboxylic acids is 2. The lowest BCUT2D eigenvalue weighted by Gasteiger charge is -2.06. The van der Waals surface area contributed by atoms with Crippen LogP contribution in [0.15, 0.2) is 23.6 Å². The molecule has 1 aromatic carbocycles. The van der Waals surface area contributed by atoms with E-state index in [-0.39, 0.29) is 23.9 Å². The molecule has 2 aromatic rings. The number of nitrogens with zero attached hydrogens (tertiary/aromatic N) is 2. The van der Waals surface area contributed by atoms with Crippen LogP contribution in [0.4, 0.5) is 5.69 Å². The van der Waals surface area contributed by atoms with Crippen LogP contribution in [0.2, 0.25) is 5.02 Å². The number of nitrogens with one attached hydrogen (secondary N) is 2. The number of H-pyrrole nitrogens is 1. The van der Waals surface area contributed by atoms with Crippen molar-refractivity contribution in [3.8, 4) is 0 Å². The van der Waals surface area contributed by atoms with Gasteiger partial charge >= 0.3 is 0 Å². The minimum absolute atomic E-state index is 0.0864. The second-order valence-electron chi connectivity index (χ2n) is 4.22. The standard InChI is InChI=1S/C12H9ClN4O2S/c13-8-3-9-6(2-11(19)16-9)1-7(8)10(18)4-20-12-14-5-15-17-12/h1,3,5H,2,4H2,(H,16,19)(H,14,15,17). The van der Waals surface area contributed by atoms with E-state index < -0.39 is 0 Å². The van der Waals surface area contributed by atoms with Gasteiger partial charge in [0.15, 0.2) is 10.9 Å². The summed E-state index contributed by atoms with van der Waals surface area (Å²) in [6.07, 6.45) is 1.66. The summed E-state index contributed by atoms with van der Waals surface area (Å²) in [5.74, 6) is 0.00460. The molecule has 1 aromatic heterocycles. The highest BCUT2D eigenvalue weighted by Gasteiger charge is 2.22. The number of hydrogen-bond donors (Lipinski definition) is 2. The number of benzene rings is 1. The summed E-state index contributed by atoms with van der Waals surface area (Å²) in [5, 5.41) is 9.99. The number of rotatable bonds is 4. The van der Waals surface area contributed by atoms with Crippen LogP contribution < -0.4 is 5.32 Å². The molecule has 0 saturated heterocycles. The van der Waals surface area contributed by atoms with Gasteiger partial charge in [-0.1, -0.05) is 23.4 Å². The molecule has 1 amide bonds. The lowest BCUT2D eigenvalue weighted by Crippen LogP contribution is -2.04. The third kappa shape index (κ3) is 2.54. The second-order valence-corrected chi connectivity index (χ2v) is 5.59. The van der Waals surface area contributed by atoms with E-state index >= 15 is 0 Å². The predicted molar refractivity (Wildman–Crippen MR) is 75.2 cm³/mol. The molecule has 0 fully saturated rings. The van der Waals surface area contributed by atoms with Crippen molar-refractivity contribution in [3.63, 3.8) is 0 Å². The number of ketones is 1. The van der Waals surface area contributed by atoms with E-state index in [0.717, 1.165) is 5.56 Å². The highest BCUT2D eigenvalue weighted by Crippen LogP contribution is 2.30. The molecule has 20 heavy (non-hydrogen) atoms. The molecule has 0 saturated carbocycles. The molecule has 3 rings (SSSR count). The van der Waals surface area contributed by atoms with Crippen molar-refractivity contribution in [3.05, 3.63) is 34.6 Å². The number of amides is 1. The Labute approximate surface area is 123 Å². The number of aromatic amines is 1. The number of thioether (sulfide) groups is 1. The van der Waals surface area contributed by atoms with Crippen LogP contribution >= 0.6 is 23.4 Å². The van der Waals surface area contributed by atoms with Crippen LogP contribution in [0.1, 0.15) is 15.9 Å². The molecule has 8 heteroatoms. The number of anilines is 1. The molecule has 102 valence electrons. The van der Waals surface area contributed by atoms with E-state index in [1.807, 2.05) is 0 Å². The zero-order valence-electron chi connectivity index (χ0n) is 10.1. The van der Waals surface area contributed by atoms with Crippen LogP contribution in [-0.2, 0) is 11.2 Å². The van der Waals surface area contributed by atoms with Gasteiger partial charge < -0.3 is 5.32 Å². The Kier molecular flexibility index (Phi) is 3.45. The van der Waals surface area contributed by atoms with Crippen molar-refractivity contribution >= 4 is 40.7 Å². The van der Waals surface area contributed by atoms with Crippen molar-refractivity contribution in [1.82, 2.24) is 15.2 Å². The molecular formula is C12H9ClN4O2S. The van der Waals surface area contributed by atoms with Gasteiger partial charge in [0.25, 0.3) is 0 Å². The Hall–Kier alpha value is -1.86. The van der Waals surface area contributed by atoms with E-state index in [4.69, 9.17) is 11.6 Å². The fourth-order valence-corrected chi connectivity index (χ4v) is 2.87. The number of hydrogen-bond acceptors (Lipinski definition) is 5. The van der Waals surface area contributed by atoms with Crippen LogP contribution in [-0.4, -0.2) is 32.6 Å². The normalized spacial score (nSPS) is 13.2. The molecule has 0 spiro atoms. The molecule has 0 radical (unpaired) electrons. The maximum Gasteiger partial charge on any atom is 0.228 e. The average molecular weight is 309 g/mol. The van der Waals surface area contributed by atoms with E-state index in [9.17, 15) is 9.59 Å². The van der Waals surface area contributed by atoms with Crippen LogP contribution in [0.25, 0.3) is 0 Å². The van der Waals surface area contributed by atoms with Crippen LogP contribution in [0, 0.1) is 0 Å². The number of aromatic nitrogens is 3. The highest BCUT2D eigenvalue weighted by molar-refractivity contribution is 7.99. The van der Waals surface area contributed by atoms with Crippen molar-refractivity contribution in [2.75, 3.05) is 11.1 Å². The maximum atomic E-state index is 12.2. The van der Waals surface area contributed by atoms with Gasteiger partial charge in [-0.25, -0.2) is 4.98 Å². The minimum atomic E-state index is -0.112. The summed E-state index contributed by atoms with van der Waals surface area (Å²) >= 11 is 7.35. The van der Waals surface area contributed by atoms with E-state index in [2.05, 4.69) is 20.5 Å². The fourth-order valence-electron chi connectivity index (χ4n) is 1.94. The smallest absolute Gasteiger partial charge is 0.228 e. The van der Waals surface area contributed by atoms with Crippen LogP contribution in [0.3, 0.4) is 0 Å². The molecule has 1 aliphatic heterocycles. The lowest BCUT2D eigenvalue weighted by molar-refractivity contribution is -0.115. The lowest BCUT2D eigenvalue weighted by atomic mass is 10.1.